The van der Waals surface area contributed by atoms with Crippen LogP contribution < -0.4 is 0 Å². The quantitative estimate of drug-likeness (QED) is 0.601. The molecule has 0 saturated heterocycles. The molecule has 2 rings (SSSR count). The molecule has 17 heavy (non-hydrogen) atoms. The molecule has 0 aliphatic rings. The summed E-state index contributed by atoms with van der Waals surface area (Å²) in [6.07, 6.45) is 1.43. The number of hydrogen-bond acceptors (Lipinski definition) is 5. The Morgan fingerprint density at radius 3 is 2.35 bits per heavy atom. The Bertz CT molecular complexity index is 571. The molecule has 1 aromatic carbocycles. The summed E-state index contributed by atoms with van der Waals surface area (Å²) >= 11 is 0. The molecule has 1 heterocycles. The number of hydrogen-bond donors (Lipinski definition) is 2. The molecule has 0 fully saturated rings. The average molecular weight is 256 g/mol. The molecular formula is C11H10ClNO4. The molecule has 0 saturated carbocycles. The molecule has 1 aromatic heterocycles. The van der Waals surface area contributed by atoms with Gasteiger partial charge in [-0.1, -0.05) is 0 Å². The molecule has 90 valence electrons. The first-order chi connectivity index (χ1) is 7.61. The molecule has 0 radical (unpaired) electrons. The van der Waals surface area contributed by atoms with E-state index >= 15 is 0 Å². The number of ether oxygens (including phenoxy) is 1. The van der Waals surface area contributed by atoms with Gasteiger partial charge < -0.3 is 14.9 Å². The maximum Gasteiger partial charge on any atom is 0.356 e. The molecule has 6 heteroatoms. The van der Waals surface area contributed by atoms with Gasteiger partial charge in [-0.3, -0.25) is 0 Å². The number of rotatable bonds is 1. The zero-order valence-corrected chi connectivity index (χ0v) is 9.69. The second-order valence-corrected chi connectivity index (χ2v) is 3.25. The van der Waals surface area contributed by atoms with Crippen LogP contribution in [0.2, 0.25) is 0 Å². The highest BCUT2D eigenvalue weighted by Crippen LogP contribution is 2.29. The number of methoxy groups -OCH3 is 1. The van der Waals surface area contributed by atoms with Gasteiger partial charge in [-0.15, -0.1) is 12.4 Å². The minimum Gasteiger partial charge on any atom is -0.504 e. The molecular weight excluding hydrogens is 246 g/mol. The van der Waals surface area contributed by atoms with E-state index in [1.54, 1.807) is 0 Å². The lowest BCUT2D eigenvalue weighted by molar-refractivity contribution is 0.0594. The van der Waals surface area contributed by atoms with Crippen molar-refractivity contribution in [3.8, 4) is 11.5 Å². The van der Waals surface area contributed by atoms with Gasteiger partial charge in [-0.25, -0.2) is 9.78 Å². The van der Waals surface area contributed by atoms with Gasteiger partial charge in [0.25, 0.3) is 0 Å². The van der Waals surface area contributed by atoms with Crippen LogP contribution in [0.25, 0.3) is 10.8 Å². The number of fused-ring (bicyclic) bond motifs is 1. The number of phenolic OH excluding ortho intramolecular Hbond substituents is 2. The van der Waals surface area contributed by atoms with Crippen LogP contribution >= 0.6 is 12.4 Å². The fraction of sp³-hybridized carbons (Fsp3) is 0.0909. The predicted octanol–water partition coefficient (Wildman–Crippen LogP) is 1.85. The van der Waals surface area contributed by atoms with Gasteiger partial charge in [0.2, 0.25) is 0 Å². The molecule has 0 aliphatic carbocycles. The maximum absolute atomic E-state index is 11.2. The Hall–Kier alpha value is -2.01. The SMILES string of the molecule is COC(=O)c1cc2cc(O)c(O)cc2cn1.Cl. The average Bonchev–Trinajstić information content (AvgIpc) is 2.29. The van der Waals surface area contributed by atoms with Crippen LogP contribution in [0, 0.1) is 0 Å². The molecule has 0 aliphatic heterocycles. The third-order valence-electron chi connectivity index (χ3n) is 2.21. The Kier molecular flexibility index (Phi) is 3.75. The van der Waals surface area contributed by atoms with Crippen molar-refractivity contribution in [1.82, 2.24) is 4.98 Å². The zero-order valence-electron chi connectivity index (χ0n) is 8.88. The molecule has 0 spiro atoms. The molecule has 5 nitrogen and oxygen atoms in total. The third-order valence-corrected chi connectivity index (χ3v) is 2.21. The van der Waals surface area contributed by atoms with Crippen molar-refractivity contribution in [2.75, 3.05) is 7.11 Å². The summed E-state index contributed by atoms with van der Waals surface area (Å²) in [6, 6.07) is 4.22. The van der Waals surface area contributed by atoms with E-state index in [-0.39, 0.29) is 29.6 Å². The van der Waals surface area contributed by atoms with Crippen LogP contribution in [0.1, 0.15) is 10.5 Å². The minimum atomic E-state index is -0.547. The smallest absolute Gasteiger partial charge is 0.356 e. The molecule has 0 atom stereocenters. The van der Waals surface area contributed by atoms with Crippen LogP contribution in [0.3, 0.4) is 0 Å². The highest BCUT2D eigenvalue weighted by molar-refractivity contribution is 5.94. The first-order valence-electron chi connectivity index (χ1n) is 4.52. The first kappa shape index (κ1) is 13.1. The van der Waals surface area contributed by atoms with Crippen molar-refractivity contribution in [1.29, 1.82) is 0 Å². The lowest BCUT2D eigenvalue weighted by Gasteiger charge is -2.03. The van der Waals surface area contributed by atoms with E-state index in [0.717, 1.165) is 0 Å². The van der Waals surface area contributed by atoms with Crippen molar-refractivity contribution in [2.24, 2.45) is 0 Å². The fourth-order valence-electron chi connectivity index (χ4n) is 1.39. The lowest BCUT2D eigenvalue weighted by Crippen LogP contribution is -2.03. The Morgan fingerprint density at radius 1 is 1.18 bits per heavy atom. The molecule has 0 amide bonds. The largest absolute Gasteiger partial charge is 0.504 e. The number of phenols is 2. The summed E-state index contributed by atoms with van der Waals surface area (Å²) in [4.78, 5) is 15.1. The number of aromatic nitrogens is 1. The third kappa shape index (κ3) is 2.39. The van der Waals surface area contributed by atoms with Gasteiger partial charge in [-0.05, 0) is 23.6 Å². The standard InChI is InChI=1S/C11H9NO4.ClH/c1-16-11(15)8-2-6-3-9(13)10(14)4-7(6)5-12-8;/h2-5,13-14H,1H3;1H. The van der Waals surface area contributed by atoms with Crippen LogP contribution in [-0.2, 0) is 4.74 Å². The van der Waals surface area contributed by atoms with Gasteiger partial charge in [0.05, 0.1) is 7.11 Å². The molecule has 0 bridgehead atoms. The number of benzene rings is 1. The van der Waals surface area contributed by atoms with E-state index in [0.29, 0.717) is 10.8 Å². The number of carbonyl (C=O) groups is 1. The molecule has 0 unspecified atom stereocenters. The summed E-state index contributed by atoms with van der Waals surface area (Å²) in [7, 11) is 1.27. The lowest BCUT2D eigenvalue weighted by atomic mass is 10.1. The van der Waals surface area contributed by atoms with E-state index in [4.69, 9.17) is 0 Å². The number of pyridine rings is 1. The van der Waals surface area contributed by atoms with Crippen LogP contribution in [0.5, 0.6) is 11.5 Å². The van der Waals surface area contributed by atoms with Crippen LogP contribution in [0.15, 0.2) is 24.4 Å². The van der Waals surface area contributed by atoms with Crippen molar-refractivity contribution in [2.45, 2.75) is 0 Å². The summed E-state index contributed by atoms with van der Waals surface area (Å²) < 4.78 is 4.53. The number of aromatic hydroxyl groups is 2. The Morgan fingerprint density at radius 2 is 1.76 bits per heavy atom. The number of carbonyl (C=O) groups excluding carboxylic acids is 1. The van der Waals surface area contributed by atoms with Crippen molar-refractivity contribution in [3.63, 3.8) is 0 Å². The van der Waals surface area contributed by atoms with Crippen molar-refractivity contribution in [3.05, 3.63) is 30.1 Å². The highest BCUT2D eigenvalue weighted by Gasteiger charge is 2.09. The molecule has 2 N–H and O–H groups in total. The van der Waals surface area contributed by atoms with Crippen LogP contribution in [0.4, 0.5) is 0 Å². The normalized spacial score (nSPS) is 9.71. The monoisotopic (exact) mass is 255 g/mol. The van der Waals surface area contributed by atoms with Crippen molar-refractivity contribution >= 4 is 29.1 Å². The number of halogens is 1. The van der Waals surface area contributed by atoms with Gasteiger partial charge in [0.15, 0.2) is 11.5 Å². The van der Waals surface area contributed by atoms with E-state index in [2.05, 4.69) is 9.72 Å². The van der Waals surface area contributed by atoms with E-state index in [9.17, 15) is 15.0 Å². The van der Waals surface area contributed by atoms with E-state index in [1.165, 1.54) is 31.5 Å². The summed E-state index contributed by atoms with van der Waals surface area (Å²) in [5, 5.41) is 19.8. The number of esters is 1. The predicted molar refractivity (Wildman–Crippen MR) is 63.7 cm³/mol. The van der Waals surface area contributed by atoms with Gasteiger partial charge in [0.1, 0.15) is 5.69 Å². The summed E-state index contributed by atoms with van der Waals surface area (Å²) in [5.74, 6) is -1.01. The van der Waals surface area contributed by atoms with E-state index < -0.39 is 5.97 Å². The summed E-state index contributed by atoms with van der Waals surface area (Å²) in [5.41, 5.74) is 0.153. The molecule has 2 aromatic rings. The Labute approximate surface area is 103 Å². The zero-order chi connectivity index (χ0) is 11.7. The van der Waals surface area contributed by atoms with Crippen LogP contribution in [-0.4, -0.2) is 28.3 Å². The van der Waals surface area contributed by atoms with Gasteiger partial charge in [-0.2, -0.15) is 0 Å². The summed E-state index contributed by atoms with van der Waals surface area (Å²) in [6.45, 7) is 0. The first-order valence-corrected chi connectivity index (χ1v) is 4.52. The van der Waals surface area contributed by atoms with Crippen molar-refractivity contribution < 1.29 is 19.7 Å². The van der Waals surface area contributed by atoms with Gasteiger partial charge in [0, 0.05) is 11.6 Å². The highest BCUT2D eigenvalue weighted by atomic mass is 35.5. The number of nitrogens with zero attached hydrogens (tertiary/aromatic N) is 1. The van der Waals surface area contributed by atoms with Gasteiger partial charge >= 0.3 is 5.97 Å². The minimum absolute atomic E-state index is 0. The topological polar surface area (TPSA) is 79.7 Å². The van der Waals surface area contributed by atoms with E-state index in [1.807, 2.05) is 0 Å². The second kappa shape index (κ2) is 4.88. The maximum atomic E-state index is 11.2. The Balaban J connectivity index is 0.00000144. The second-order valence-electron chi connectivity index (χ2n) is 3.25. The fourth-order valence-corrected chi connectivity index (χ4v) is 1.39.